The summed E-state index contributed by atoms with van der Waals surface area (Å²) in [4.78, 5) is 17.4. The molecular formula is C22H20Cl2N2O2Se. The van der Waals surface area contributed by atoms with Gasteiger partial charge in [-0.3, -0.25) is 0 Å². The Morgan fingerprint density at radius 2 is 1.93 bits per heavy atom. The zero-order valence-corrected chi connectivity index (χ0v) is 19.3. The fourth-order valence-corrected chi connectivity index (χ4v) is 5.52. The van der Waals surface area contributed by atoms with Crippen LogP contribution in [0.2, 0.25) is 10.0 Å². The molecule has 7 heteroatoms. The normalized spacial score (nSPS) is 16.6. The van der Waals surface area contributed by atoms with Crippen molar-refractivity contribution in [3.05, 3.63) is 86.0 Å². The fourth-order valence-electron chi connectivity index (χ4n) is 2.77. The van der Waals surface area contributed by atoms with E-state index in [-0.39, 0.29) is 20.9 Å². The molecule has 3 rings (SSSR count). The van der Waals surface area contributed by atoms with Crippen molar-refractivity contribution < 1.29 is 9.53 Å². The van der Waals surface area contributed by atoms with Crippen LogP contribution in [0.15, 0.2) is 75.3 Å². The second kappa shape index (κ2) is 10.1. The van der Waals surface area contributed by atoms with Crippen LogP contribution in [0.1, 0.15) is 18.9 Å². The van der Waals surface area contributed by atoms with Crippen molar-refractivity contribution in [2.45, 2.75) is 19.9 Å². The predicted molar refractivity (Wildman–Crippen MR) is 120 cm³/mol. The van der Waals surface area contributed by atoms with E-state index >= 15 is 0 Å². The van der Waals surface area contributed by atoms with Crippen LogP contribution in [0.3, 0.4) is 0 Å². The molecule has 2 aromatic rings. The number of benzene rings is 2. The number of aliphatic imine (C=N–C) groups is 1. The monoisotopic (exact) mass is 494 g/mol. The quantitative estimate of drug-likeness (QED) is 0.441. The van der Waals surface area contributed by atoms with Gasteiger partial charge in [0.2, 0.25) is 0 Å². The molecule has 1 aliphatic rings. The van der Waals surface area contributed by atoms with Crippen molar-refractivity contribution >= 4 is 54.4 Å². The van der Waals surface area contributed by atoms with Gasteiger partial charge in [0.1, 0.15) is 0 Å². The molecule has 0 aromatic heterocycles. The van der Waals surface area contributed by atoms with E-state index in [1.54, 1.807) is 12.1 Å². The minimum atomic E-state index is -0.360. The summed E-state index contributed by atoms with van der Waals surface area (Å²) in [5.41, 5.74) is 3.08. The van der Waals surface area contributed by atoms with E-state index in [0.29, 0.717) is 33.5 Å². The first-order valence-electron chi connectivity index (χ1n) is 9.06. The second-order valence-electron chi connectivity index (χ2n) is 6.17. The number of allylic oxidation sites excluding steroid dienone is 2. The molecule has 0 fully saturated rings. The van der Waals surface area contributed by atoms with E-state index in [4.69, 9.17) is 32.9 Å². The Balaban J connectivity index is 2.04. The maximum absolute atomic E-state index is 12.6. The van der Waals surface area contributed by atoms with Crippen LogP contribution in [0, 0.1) is 0 Å². The molecule has 0 saturated heterocycles. The molecular weight excluding hydrogens is 474 g/mol. The predicted octanol–water partition coefficient (Wildman–Crippen LogP) is 5.25. The minimum absolute atomic E-state index is 0.134. The number of esters is 1. The van der Waals surface area contributed by atoms with E-state index in [2.05, 4.69) is 11.4 Å². The number of rotatable bonds is 6. The summed E-state index contributed by atoms with van der Waals surface area (Å²) in [6.07, 6.45) is 2.89. The number of nitrogens with zero attached hydrogens (tertiary/aromatic N) is 1. The molecule has 2 aromatic carbocycles. The Morgan fingerprint density at radius 3 is 2.59 bits per heavy atom. The van der Waals surface area contributed by atoms with Crippen LogP contribution >= 0.6 is 23.2 Å². The fraction of sp³-hybridized carbons (Fsp3) is 0.182. The van der Waals surface area contributed by atoms with Crippen LogP contribution in [0.25, 0.3) is 0 Å². The van der Waals surface area contributed by atoms with E-state index in [0.717, 1.165) is 21.1 Å². The SMILES string of the molecule is CC/C=C1\[Se]C(=Nc2ccc(Cl)c(Cl)c2)C(NCc2ccccc2)=C1C(=O)OC. The average molecular weight is 494 g/mol. The van der Waals surface area contributed by atoms with Crippen LogP contribution in [-0.2, 0) is 16.1 Å². The molecule has 29 heavy (non-hydrogen) atoms. The zero-order chi connectivity index (χ0) is 20.8. The zero-order valence-electron chi connectivity index (χ0n) is 16.0. The van der Waals surface area contributed by atoms with E-state index in [9.17, 15) is 4.79 Å². The molecule has 0 unspecified atom stereocenters. The van der Waals surface area contributed by atoms with Crippen LogP contribution < -0.4 is 5.32 Å². The number of ether oxygens (including phenoxy) is 1. The van der Waals surface area contributed by atoms with Gasteiger partial charge in [-0.15, -0.1) is 0 Å². The van der Waals surface area contributed by atoms with Crippen molar-refractivity contribution in [2.24, 2.45) is 4.99 Å². The molecule has 0 atom stereocenters. The standard InChI is InChI=1S/C22H20Cl2N2O2Se/c1-3-7-18-19(22(27)28-2)20(25-13-14-8-5-4-6-9-14)21(29-18)26-15-10-11-16(23)17(24)12-15/h4-12,25H,3,13H2,1-2H3/b18-7-,26-21?. The first-order valence-corrected chi connectivity index (χ1v) is 11.5. The number of hydrogen-bond acceptors (Lipinski definition) is 4. The van der Waals surface area contributed by atoms with Gasteiger partial charge in [-0.1, -0.05) is 0 Å². The van der Waals surface area contributed by atoms with E-state index in [1.165, 1.54) is 7.11 Å². The number of carbonyl (C=O) groups excluding carboxylic acids is 1. The van der Waals surface area contributed by atoms with Gasteiger partial charge in [0, 0.05) is 0 Å². The van der Waals surface area contributed by atoms with Gasteiger partial charge >= 0.3 is 187 Å². The number of methoxy groups -OCH3 is 1. The summed E-state index contributed by atoms with van der Waals surface area (Å²) < 4.78 is 6.86. The first kappa shape index (κ1) is 21.7. The molecule has 1 N–H and O–H groups in total. The number of halogens is 2. The van der Waals surface area contributed by atoms with E-state index in [1.807, 2.05) is 43.3 Å². The summed E-state index contributed by atoms with van der Waals surface area (Å²) in [5, 5.41) is 4.33. The van der Waals surface area contributed by atoms with Gasteiger partial charge in [0.15, 0.2) is 0 Å². The van der Waals surface area contributed by atoms with Crippen LogP contribution in [0.5, 0.6) is 0 Å². The van der Waals surface area contributed by atoms with Gasteiger partial charge in [0.25, 0.3) is 0 Å². The molecule has 0 spiro atoms. The Morgan fingerprint density at radius 1 is 1.17 bits per heavy atom. The number of carbonyl (C=O) groups is 1. The maximum atomic E-state index is 12.6. The summed E-state index contributed by atoms with van der Waals surface area (Å²) in [6, 6.07) is 15.3. The van der Waals surface area contributed by atoms with Crippen LogP contribution in [-0.4, -0.2) is 32.6 Å². The molecule has 1 aliphatic heterocycles. The number of nitrogens with one attached hydrogen (secondary N) is 1. The van der Waals surface area contributed by atoms with Crippen molar-refractivity contribution in [1.82, 2.24) is 5.32 Å². The van der Waals surface area contributed by atoms with Gasteiger partial charge in [-0.2, -0.15) is 0 Å². The van der Waals surface area contributed by atoms with Gasteiger partial charge in [-0.05, 0) is 0 Å². The van der Waals surface area contributed by atoms with Gasteiger partial charge < -0.3 is 0 Å². The molecule has 4 nitrogen and oxygen atoms in total. The Labute approximate surface area is 186 Å². The van der Waals surface area contributed by atoms with Crippen LogP contribution in [0.4, 0.5) is 5.69 Å². The first-order chi connectivity index (χ1) is 14.0. The third kappa shape index (κ3) is 5.31. The van der Waals surface area contributed by atoms with Crippen molar-refractivity contribution in [3.8, 4) is 0 Å². The topological polar surface area (TPSA) is 50.7 Å². The van der Waals surface area contributed by atoms with Crippen molar-refractivity contribution in [2.75, 3.05) is 7.11 Å². The Kier molecular flexibility index (Phi) is 7.57. The molecule has 0 amide bonds. The van der Waals surface area contributed by atoms with Crippen molar-refractivity contribution in [1.29, 1.82) is 0 Å². The molecule has 1 heterocycles. The number of hydrogen-bond donors (Lipinski definition) is 1. The Hall–Kier alpha value is -2.04. The van der Waals surface area contributed by atoms with Gasteiger partial charge in [0.05, 0.1) is 0 Å². The third-order valence-corrected chi connectivity index (χ3v) is 7.15. The summed E-state index contributed by atoms with van der Waals surface area (Å²) in [5.74, 6) is -0.360. The molecule has 0 bridgehead atoms. The summed E-state index contributed by atoms with van der Waals surface area (Å²) >= 11 is 12.0. The van der Waals surface area contributed by atoms with Gasteiger partial charge in [-0.25, -0.2) is 0 Å². The Bertz CT molecular complexity index is 1000. The third-order valence-electron chi connectivity index (χ3n) is 4.14. The van der Waals surface area contributed by atoms with Crippen molar-refractivity contribution in [3.63, 3.8) is 0 Å². The second-order valence-corrected chi connectivity index (χ2v) is 9.15. The summed E-state index contributed by atoms with van der Waals surface area (Å²) in [7, 11) is 1.40. The average Bonchev–Trinajstić information content (AvgIpc) is 3.06. The molecule has 0 radical (unpaired) electrons. The molecule has 0 saturated carbocycles. The molecule has 150 valence electrons. The van der Waals surface area contributed by atoms with E-state index < -0.39 is 0 Å². The molecule has 0 aliphatic carbocycles. The summed E-state index contributed by atoms with van der Waals surface area (Å²) in [6.45, 7) is 2.62.